The Morgan fingerprint density at radius 3 is 2.38 bits per heavy atom. The molecule has 0 saturated carbocycles. The summed E-state index contributed by atoms with van der Waals surface area (Å²) in [7, 11) is 1.55. The molecule has 0 radical (unpaired) electrons. The Labute approximate surface area is 123 Å². The minimum Gasteiger partial charge on any atom is -0.507 e. The molecule has 0 amide bonds. The Morgan fingerprint density at radius 2 is 1.71 bits per heavy atom. The third-order valence-electron chi connectivity index (χ3n) is 3.65. The Morgan fingerprint density at radius 1 is 0.952 bits per heavy atom. The minimum absolute atomic E-state index is 0.108. The molecule has 3 rings (SSSR count). The summed E-state index contributed by atoms with van der Waals surface area (Å²) < 4.78 is 5.27. The van der Waals surface area contributed by atoms with Gasteiger partial charge in [-0.1, -0.05) is 36.4 Å². The summed E-state index contributed by atoms with van der Waals surface area (Å²) >= 11 is 0. The van der Waals surface area contributed by atoms with E-state index in [4.69, 9.17) is 4.74 Å². The fourth-order valence-corrected chi connectivity index (χ4v) is 2.58. The lowest BCUT2D eigenvalue weighted by atomic mass is 9.96. The number of phenolic OH excluding ortho intramolecular Hbond substituents is 1. The highest BCUT2D eigenvalue weighted by molar-refractivity contribution is 6.01. The Kier molecular flexibility index (Phi) is 3.50. The van der Waals surface area contributed by atoms with Crippen molar-refractivity contribution in [2.75, 3.05) is 7.11 Å². The lowest BCUT2D eigenvalue weighted by molar-refractivity contribution is 0.274. The first-order valence-electron chi connectivity index (χ1n) is 6.73. The monoisotopic (exact) mass is 280 g/mol. The van der Waals surface area contributed by atoms with E-state index in [1.807, 2.05) is 42.5 Å². The number of aliphatic hydroxyl groups excluding tert-OH is 1. The van der Waals surface area contributed by atoms with Crippen molar-refractivity contribution in [3.63, 3.8) is 0 Å². The molecule has 0 spiro atoms. The highest BCUT2D eigenvalue weighted by atomic mass is 16.5. The zero-order valence-electron chi connectivity index (χ0n) is 11.7. The van der Waals surface area contributed by atoms with Gasteiger partial charge in [0.25, 0.3) is 0 Å². The molecule has 21 heavy (non-hydrogen) atoms. The van der Waals surface area contributed by atoms with Crippen molar-refractivity contribution in [1.82, 2.24) is 0 Å². The Bertz CT molecular complexity index is 779. The van der Waals surface area contributed by atoms with E-state index < -0.39 is 0 Å². The number of aliphatic hydroxyl groups is 1. The van der Waals surface area contributed by atoms with Gasteiger partial charge in [0.2, 0.25) is 0 Å². The summed E-state index contributed by atoms with van der Waals surface area (Å²) in [4.78, 5) is 0. The summed E-state index contributed by atoms with van der Waals surface area (Å²) in [5.41, 5.74) is 2.78. The molecule has 3 heteroatoms. The molecule has 0 aliphatic carbocycles. The summed E-state index contributed by atoms with van der Waals surface area (Å²) in [5.74, 6) is 0.776. The van der Waals surface area contributed by atoms with Crippen LogP contribution in [0, 0.1) is 0 Å². The zero-order chi connectivity index (χ0) is 14.8. The van der Waals surface area contributed by atoms with Crippen molar-refractivity contribution < 1.29 is 14.9 Å². The van der Waals surface area contributed by atoms with E-state index in [1.165, 1.54) is 0 Å². The number of methoxy groups -OCH3 is 1. The fourth-order valence-electron chi connectivity index (χ4n) is 2.58. The maximum atomic E-state index is 10.1. The van der Waals surface area contributed by atoms with Gasteiger partial charge in [0.15, 0.2) is 0 Å². The third kappa shape index (κ3) is 2.32. The van der Waals surface area contributed by atoms with E-state index in [9.17, 15) is 10.2 Å². The number of fused-ring (bicyclic) bond motifs is 1. The largest absolute Gasteiger partial charge is 0.507 e. The van der Waals surface area contributed by atoms with Crippen LogP contribution in [0.5, 0.6) is 11.5 Å². The van der Waals surface area contributed by atoms with E-state index in [1.54, 1.807) is 19.2 Å². The molecular weight excluding hydrogens is 264 g/mol. The van der Waals surface area contributed by atoms with Crippen LogP contribution in [-0.4, -0.2) is 17.3 Å². The predicted octanol–water partition coefficient (Wildman–Crippen LogP) is 3.71. The number of phenols is 1. The van der Waals surface area contributed by atoms with Gasteiger partial charge in [-0.25, -0.2) is 0 Å². The standard InChI is InChI=1S/C18H16O3/c1-21-18-10-16-15(9-13(18)11-19)14(7-8-17(16)20)12-5-3-2-4-6-12/h2-10,19-20H,11H2,1H3. The van der Waals surface area contributed by atoms with Crippen molar-refractivity contribution >= 4 is 10.8 Å². The molecular formula is C18H16O3. The van der Waals surface area contributed by atoms with Crippen LogP contribution in [0.3, 0.4) is 0 Å². The summed E-state index contributed by atoms with van der Waals surface area (Å²) in [6.45, 7) is -0.108. The maximum absolute atomic E-state index is 10.1. The summed E-state index contributed by atoms with van der Waals surface area (Å²) in [5, 5.41) is 21.2. The van der Waals surface area contributed by atoms with Crippen LogP contribution in [0.4, 0.5) is 0 Å². The van der Waals surface area contributed by atoms with Crippen LogP contribution in [0.2, 0.25) is 0 Å². The molecule has 0 atom stereocenters. The van der Waals surface area contributed by atoms with Crippen LogP contribution < -0.4 is 4.74 Å². The zero-order valence-corrected chi connectivity index (χ0v) is 11.7. The van der Waals surface area contributed by atoms with Gasteiger partial charge in [-0.15, -0.1) is 0 Å². The second-order valence-electron chi connectivity index (χ2n) is 4.87. The van der Waals surface area contributed by atoms with Crippen molar-refractivity contribution in [3.05, 3.63) is 60.2 Å². The average Bonchev–Trinajstić information content (AvgIpc) is 2.55. The second kappa shape index (κ2) is 5.46. The first-order valence-corrected chi connectivity index (χ1v) is 6.73. The Balaban J connectivity index is 2.35. The molecule has 0 aliphatic heterocycles. The normalized spacial score (nSPS) is 10.8. The van der Waals surface area contributed by atoms with E-state index in [0.29, 0.717) is 16.7 Å². The molecule has 2 N–H and O–H groups in total. The van der Waals surface area contributed by atoms with Gasteiger partial charge in [-0.3, -0.25) is 0 Å². The highest BCUT2D eigenvalue weighted by Gasteiger charge is 2.12. The van der Waals surface area contributed by atoms with Gasteiger partial charge < -0.3 is 14.9 Å². The number of benzene rings is 3. The van der Waals surface area contributed by atoms with Crippen molar-refractivity contribution in [1.29, 1.82) is 0 Å². The lowest BCUT2D eigenvalue weighted by Crippen LogP contribution is -1.93. The summed E-state index contributed by atoms with van der Waals surface area (Å²) in [6, 6.07) is 17.2. The maximum Gasteiger partial charge on any atom is 0.125 e. The van der Waals surface area contributed by atoms with E-state index in [-0.39, 0.29) is 12.4 Å². The van der Waals surface area contributed by atoms with Gasteiger partial charge >= 0.3 is 0 Å². The molecule has 0 bridgehead atoms. The molecule has 0 fully saturated rings. The number of hydrogen-bond donors (Lipinski definition) is 2. The lowest BCUT2D eigenvalue weighted by Gasteiger charge is -2.13. The second-order valence-corrected chi connectivity index (χ2v) is 4.87. The van der Waals surface area contributed by atoms with Gasteiger partial charge in [-0.05, 0) is 34.7 Å². The van der Waals surface area contributed by atoms with Gasteiger partial charge in [0, 0.05) is 10.9 Å². The number of ether oxygens (including phenoxy) is 1. The molecule has 0 aromatic heterocycles. The van der Waals surface area contributed by atoms with Crippen LogP contribution in [0.15, 0.2) is 54.6 Å². The first-order chi connectivity index (χ1) is 10.2. The quantitative estimate of drug-likeness (QED) is 0.769. The van der Waals surface area contributed by atoms with Crippen molar-refractivity contribution in [2.24, 2.45) is 0 Å². The SMILES string of the molecule is COc1cc2c(O)ccc(-c3ccccc3)c2cc1CO. The number of rotatable bonds is 3. The molecule has 3 aromatic carbocycles. The molecule has 0 heterocycles. The van der Waals surface area contributed by atoms with Crippen LogP contribution in [0.1, 0.15) is 5.56 Å². The highest BCUT2D eigenvalue weighted by Crippen LogP contribution is 2.37. The fraction of sp³-hybridized carbons (Fsp3) is 0.111. The average molecular weight is 280 g/mol. The molecule has 0 aliphatic rings. The minimum atomic E-state index is -0.108. The molecule has 0 unspecified atom stereocenters. The summed E-state index contributed by atoms with van der Waals surface area (Å²) in [6.07, 6.45) is 0. The number of hydrogen-bond acceptors (Lipinski definition) is 3. The van der Waals surface area contributed by atoms with Gasteiger partial charge in [0.1, 0.15) is 11.5 Å². The predicted molar refractivity (Wildman–Crippen MR) is 83.5 cm³/mol. The van der Waals surface area contributed by atoms with Crippen LogP contribution >= 0.6 is 0 Å². The van der Waals surface area contributed by atoms with Crippen molar-refractivity contribution in [2.45, 2.75) is 6.61 Å². The van der Waals surface area contributed by atoms with Crippen LogP contribution in [0.25, 0.3) is 21.9 Å². The Hall–Kier alpha value is -2.52. The molecule has 0 saturated heterocycles. The van der Waals surface area contributed by atoms with E-state index in [0.717, 1.165) is 16.5 Å². The number of aromatic hydroxyl groups is 1. The molecule has 106 valence electrons. The molecule has 3 aromatic rings. The smallest absolute Gasteiger partial charge is 0.125 e. The topological polar surface area (TPSA) is 49.7 Å². The molecule has 3 nitrogen and oxygen atoms in total. The van der Waals surface area contributed by atoms with Gasteiger partial charge in [0.05, 0.1) is 13.7 Å². The van der Waals surface area contributed by atoms with Crippen LogP contribution in [-0.2, 0) is 6.61 Å². The van der Waals surface area contributed by atoms with E-state index in [2.05, 4.69) is 0 Å². The first kappa shape index (κ1) is 13.5. The van der Waals surface area contributed by atoms with E-state index >= 15 is 0 Å². The third-order valence-corrected chi connectivity index (χ3v) is 3.65. The van der Waals surface area contributed by atoms with Gasteiger partial charge in [-0.2, -0.15) is 0 Å². The van der Waals surface area contributed by atoms with Crippen molar-refractivity contribution in [3.8, 4) is 22.6 Å².